The lowest BCUT2D eigenvalue weighted by atomic mass is 9.84. The number of ether oxygens (including phenoxy) is 3. The minimum absolute atomic E-state index is 0.166. The Kier molecular flexibility index (Phi) is 6.75. The van der Waals surface area contributed by atoms with Crippen molar-refractivity contribution < 1.29 is 24.4 Å². The molecule has 146 valence electrons. The largest absolute Gasteiger partial charge is 0.496 e. The third-order valence-corrected chi connectivity index (χ3v) is 5.59. The first-order valence-corrected chi connectivity index (χ1v) is 9.63. The molecule has 0 bridgehead atoms. The van der Waals surface area contributed by atoms with Crippen LogP contribution in [0.3, 0.4) is 0 Å². The minimum atomic E-state index is -1.04. The summed E-state index contributed by atoms with van der Waals surface area (Å²) < 4.78 is 17.0. The molecule has 4 atom stereocenters. The molecule has 0 amide bonds. The van der Waals surface area contributed by atoms with E-state index < -0.39 is 24.4 Å². The molecular formula is C20H31NO5. The summed E-state index contributed by atoms with van der Waals surface area (Å²) in [4.78, 5) is 0. The van der Waals surface area contributed by atoms with Gasteiger partial charge in [-0.2, -0.15) is 0 Å². The molecule has 0 aromatic heterocycles. The molecule has 1 aliphatic carbocycles. The molecule has 1 heterocycles. The van der Waals surface area contributed by atoms with Gasteiger partial charge in [0.25, 0.3) is 0 Å². The van der Waals surface area contributed by atoms with Crippen molar-refractivity contribution in [1.82, 2.24) is 0 Å². The Morgan fingerprint density at radius 2 is 1.92 bits per heavy atom. The zero-order chi connectivity index (χ0) is 18.5. The Bertz CT molecular complexity index is 575. The van der Waals surface area contributed by atoms with Gasteiger partial charge in [0.1, 0.15) is 23.7 Å². The van der Waals surface area contributed by atoms with Crippen LogP contribution in [0.1, 0.15) is 37.7 Å². The van der Waals surface area contributed by atoms with Gasteiger partial charge in [0.2, 0.25) is 0 Å². The molecule has 1 aromatic rings. The normalized spacial score (nSPS) is 30.2. The zero-order valence-electron chi connectivity index (χ0n) is 15.5. The van der Waals surface area contributed by atoms with Gasteiger partial charge in [0, 0.05) is 6.54 Å². The fourth-order valence-electron chi connectivity index (χ4n) is 4.03. The predicted octanol–water partition coefficient (Wildman–Crippen LogP) is 1.64. The molecule has 0 radical (unpaired) electrons. The minimum Gasteiger partial charge on any atom is -0.496 e. The number of hydrogen-bond donors (Lipinski definition) is 3. The quantitative estimate of drug-likeness (QED) is 0.710. The summed E-state index contributed by atoms with van der Waals surface area (Å²) >= 11 is 0. The van der Waals surface area contributed by atoms with E-state index in [0.717, 1.165) is 17.7 Å². The topological polar surface area (TPSA) is 94.2 Å². The van der Waals surface area contributed by atoms with E-state index in [-0.39, 0.29) is 13.2 Å². The highest BCUT2D eigenvalue weighted by molar-refractivity contribution is 5.40. The van der Waals surface area contributed by atoms with Crippen LogP contribution in [0.2, 0.25) is 0 Å². The molecule has 26 heavy (non-hydrogen) atoms. The lowest BCUT2D eigenvalue weighted by Gasteiger charge is -2.37. The number of nitrogens with two attached hydrogens (primary N) is 1. The molecule has 4 N–H and O–H groups in total. The van der Waals surface area contributed by atoms with Gasteiger partial charge >= 0.3 is 0 Å². The van der Waals surface area contributed by atoms with E-state index in [1.807, 2.05) is 18.2 Å². The molecular weight excluding hydrogens is 334 g/mol. The summed E-state index contributed by atoms with van der Waals surface area (Å²) in [7, 11) is 1.68. The number of methoxy groups -OCH3 is 1. The number of aliphatic hydroxyl groups is 2. The molecule has 1 aromatic carbocycles. The molecule has 1 saturated carbocycles. The van der Waals surface area contributed by atoms with Crippen LogP contribution in [0.15, 0.2) is 18.2 Å². The van der Waals surface area contributed by atoms with Gasteiger partial charge in [0.15, 0.2) is 6.10 Å². The van der Waals surface area contributed by atoms with Crippen LogP contribution >= 0.6 is 0 Å². The molecule has 6 heteroatoms. The van der Waals surface area contributed by atoms with Crippen molar-refractivity contribution in [3.63, 3.8) is 0 Å². The second-order valence-electron chi connectivity index (χ2n) is 7.43. The van der Waals surface area contributed by atoms with Crippen LogP contribution in [0, 0.1) is 5.92 Å². The Hall–Kier alpha value is -1.34. The van der Waals surface area contributed by atoms with Crippen molar-refractivity contribution in [1.29, 1.82) is 0 Å². The highest BCUT2D eigenvalue weighted by Gasteiger charge is 2.39. The van der Waals surface area contributed by atoms with Crippen molar-refractivity contribution in [3.8, 4) is 11.5 Å². The van der Waals surface area contributed by atoms with E-state index in [1.54, 1.807) is 7.11 Å². The van der Waals surface area contributed by atoms with Crippen LogP contribution in [0.25, 0.3) is 0 Å². The second-order valence-corrected chi connectivity index (χ2v) is 7.43. The molecule has 1 saturated heterocycles. The van der Waals surface area contributed by atoms with Crippen molar-refractivity contribution in [2.24, 2.45) is 11.7 Å². The van der Waals surface area contributed by atoms with Gasteiger partial charge in [-0.05, 0) is 36.1 Å². The third kappa shape index (κ3) is 4.49. The van der Waals surface area contributed by atoms with Gasteiger partial charge in [0.05, 0.1) is 19.8 Å². The Morgan fingerprint density at radius 3 is 2.62 bits per heavy atom. The maximum absolute atomic E-state index is 10.3. The van der Waals surface area contributed by atoms with E-state index in [4.69, 9.17) is 19.9 Å². The van der Waals surface area contributed by atoms with E-state index in [9.17, 15) is 10.2 Å². The Labute approximate surface area is 155 Å². The maximum atomic E-state index is 10.3. The number of aliphatic hydroxyl groups excluding tert-OH is 2. The molecule has 2 fully saturated rings. The van der Waals surface area contributed by atoms with Crippen LogP contribution in [0.5, 0.6) is 11.5 Å². The lowest BCUT2D eigenvalue weighted by Crippen LogP contribution is -2.56. The summed E-state index contributed by atoms with van der Waals surface area (Å²) in [5.74, 6) is 2.21. The average Bonchev–Trinajstić information content (AvgIpc) is 2.67. The first-order chi connectivity index (χ1) is 12.6. The van der Waals surface area contributed by atoms with E-state index >= 15 is 0 Å². The van der Waals surface area contributed by atoms with E-state index in [0.29, 0.717) is 11.7 Å². The van der Waals surface area contributed by atoms with Crippen LogP contribution < -0.4 is 15.2 Å². The zero-order valence-corrected chi connectivity index (χ0v) is 15.5. The van der Waals surface area contributed by atoms with Crippen molar-refractivity contribution in [2.75, 3.05) is 20.3 Å². The average molecular weight is 365 g/mol. The van der Waals surface area contributed by atoms with Gasteiger partial charge in [-0.25, -0.2) is 0 Å². The fraction of sp³-hybridized carbons (Fsp3) is 0.700. The van der Waals surface area contributed by atoms with Gasteiger partial charge in [-0.15, -0.1) is 0 Å². The summed E-state index contributed by atoms with van der Waals surface area (Å²) in [6, 6.07) is 5.72. The highest BCUT2D eigenvalue weighted by Crippen LogP contribution is 2.33. The summed E-state index contributed by atoms with van der Waals surface area (Å²) in [6.07, 6.45) is 4.19. The Balaban J connectivity index is 1.69. The SMILES string of the molecule is COc1ccc(OC2COC(CN)[C@@H](O)C2O)cc1CC1CCCCC1. The summed E-state index contributed by atoms with van der Waals surface area (Å²) in [5, 5.41) is 20.4. The first-order valence-electron chi connectivity index (χ1n) is 9.63. The smallest absolute Gasteiger partial charge is 0.150 e. The number of hydrogen-bond acceptors (Lipinski definition) is 6. The maximum Gasteiger partial charge on any atom is 0.150 e. The molecule has 0 spiro atoms. The van der Waals surface area contributed by atoms with Crippen molar-refractivity contribution in [3.05, 3.63) is 23.8 Å². The highest BCUT2D eigenvalue weighted by atomic mass is 16.6. The van der Waals surface area contributed by atoms with E-state index in [1.165, 1.54) is 32.1 Å². The first kappa shape index (κ1) is 19.4. The van der Waals surface area contributed by atoms with Crippen LogP contribution in [0.4, 0.5) is 0 Å². The van der Waals surface area contributed by atoms with Crippen molar-refractivity contribution in [2.45, 2.75) is 62.9 Å². The molecule has 3 unspecified atom stereocenters. The fourth-order valence-corrected chi connectivity index (χ4v) is 4.03. The second kappa shape index (κ2) is 9.04. The molecule has 6 nitrogen and oxygen atoms in total. The predicted molar refractivity (Wildman–Crippen MR) is 98.5 cm³/mol. The molecule has 3 rings (SSSR count). The molecule has 2 aliphatic rings. The molecule has 1 aliphatic heterocycles. The monoisotopic (exact) mass is 365 g/mol. The number of benzene rings is 1. The van der Waals surface area contributed by atoms with Crippen LogP contribution in [-0.2, 0) is 11.2 Å². The standard InChI is InChI=1S/C20H31NO5/c1-24-16-8-7-15(10-14(16)9-13-5-3-2-4-6-13)26-18-12-25-17(11-21)19(22)20(18)23/h7-8,10,13,17-20,22-23H,2-6,9,11-12,21H2,1H3/t17?,18?,19-,20?/m1/s1. The van der Waals surface area contributed by atoms with Gasteiger partial charge in [-0.3, -0.25) is 0 Å². The van der Waals surface area contributed by atoms with Gasteiger partial charge in [-0.1, -0.05) is 32.1 Å². The lowest BCUT2D eigenvalue weighted by molar-refractivity contribution is -0.176. The number of rotatable bonds is 6. The third-order valence-electron chi connectivity index (χ3n) is 5.59. The van der Waals surface area contributed by atoms with Gasteiger partial charge < -0.3 is 30.2 Å². The van der Waals surface area contributed by atoms with E-state index in [2.05, 4.69) is 0 Å². The van der Waals surface area contributed by atoms with Crippen molar-refractivity contribution >= 4 is 0 Å². The van der Waals surface area contributed by atoms with Crippen LogP contribution in [-0.4, -0.2) is 54.9 Å². The summed E-state index contributed by atoms with van der Waals surface area (Å²) in [5.41, 5.74) is 6.67. The Morgan fingerprint density at radius 1 is 1.15 bits per heavy atom. The summed E-state index contributed by atoms with van der Waals surface area (Å²) in [6.45, 7) is 0.364.